The zero-order chi connectivity index (χ0) is 23.6. The first kappa shape index (κ1) is 21.5. The van der Waals surface area contributed by atoms with Crippen LogP contribution in [-0.2, 0) is 24.2 Å². The van der Waals surface area contributed by atoms with Crippen LogP contribution in [0.15, 0.2) is 66.9 Å². The summed E-state index contributed by atoms with van der Waals surface area (Å²) in [6.07, 6.45) is 5.66. The van der Waals surface area contributed by atoms with E-state index in [1.165, 1.54) is 11.1 Å². The molecule has 2 aliphatic rings. The maximum Gasteiger partial charge on any atom is 0.226 e. The molecule has 0 saturated heterocycles. The van der Waals surface area contributed by atoms with Gasteiger partial charge in [-0.25, -0.2) is 4.68 Å². The van der Waals surface area contributed by atoms with Crippen molar-refractivity contribution in [3.63, 3.8) is 0 Å². The lowest BCUT2D eigenvalue weighted by atomic mass is 10.1. The quantitative estimate of drug-likeness (QED) is 0.416. The van der Waals surface area contributed by atoms with Crippen LogP contribution in [0.5, 0.6) is 5.75 Å². The highest BCUT2D eigenvalue weighted by Gasteiger charge is 2.27. The number of hydrogen-bond acceptors (Lipinski definition) is 7. The third-order valence-corrected chi connectivity index (χ3v) is 6.53. The second-order valence-electron chi connectivity index (χ2n) is 8.93. The van der Waals surface area contributed by atoms with Crippen LogP contribution in [0.3, 0.4) is 0 Å². The first-order chi connectivity index (χ1) is 17.3. The number of aromatic nitrogens is 4. The Kier molecular flexibility index (Phi) is 5.70. The molecule has 0 bridgehead atoms. The highest BCUT2D eigenvalue weighted by molar-refractivity contribution is 5.92. The average molecular weight is 469 g/mol. The largest absolute Gasteiger partial charge is 0.497 e. The number of benzene rings is 2. The summed E-state index contributed by atoms with van der Waals surface area (Å²) in [7, 11) is 1.69. The van der Waals surface area contributed by atoms with E-state index in [1.54, 1.807) is 13.4 Å². The van der Waals surface area contributed by atoms with Crippen molar-refractivity contribution in [1.82, 2.24) is 19.7 Å². The minimum atomic E-state index is 0.103. The van der Waals surface area contributed by atoms with E-state index in [1.807, 2.05) is 29.0 Å². The molecule has 0 saturated carbocycles. The molecule has 8 nitrogen and oxygen atoms in total. The van der Waals surface area contributed by atoms with Gasteiger partial charge in [0.25, 0.3) is 0 Å². The summed E-state index contributed by atoms with van der Waals surface area (Å²) >= 11 is 0. The Hall–Kier alpha value is -4.07. The lowest BCUT2D eigenvalue weighted by Crippen LogP contribution is -2.30. The average Bonchev–Trinajstić information content (AvgIpc) is 3.54. The summed E-state index contributed by atoms with van der Waals surface area (Å²) in [5.74, 6) is 2.39. The predicted octanol–water partition coefficient (Wildman–Crippen LogP) is 4.16. The maximum atomic E-state index is 5.62. The lowest BCUT2D eigenvalue weighted by Gasteiger charge is -2.28. The van der Waals surface area contributed by atoms with Gasteiger partial charge in [-0.2, -0.15) is 15.1 Å². The van der Waals surface area contributed by atoms with Gasteiger partial charge in [-0.1, -0.05) is 42.5 Å². The van der Waals surface area contributed by atoms with Gasteiger partial charge in [0.1, 0.15) is 17.7 Å². The molecule has 0 spiro atoms. The Morgan fingerprint density at radius 3 is 2.63 bits per heavy atom. The summed E-state index contributed by atoms with van der Waals surface area (Å²) in [4.78, 5) is 12.2. The van der Waals surface area contributed by atoms with Crippen LogP contribution < -0.4 is 15.0 Å². The van der Waals surface area contributed by atoms with Crippen LogP contribution in [0.4, 0.5) is 11.8 Å². The highest BCUT2D eigenvalue weighted by atomic mass is 16.5. The Morgan fingerprint density at radius 1 is 1.03 bits per heavy atom. The predicted molar refractivity (Wildman–Crippen MR) is 136 cm³/mol. The molecule has 1 unspecified atom stereocenters. The molecule has 2 aromatic heterocycles. The van der Waals surface area contributed by atoms with Crippen LogP contribution in [0.1, 0.15) is 23.2 Å². The van der Waals surface area contributed by atoms with Crippen LogP contribution in [0.2, 0.25) is 0 Å². The number of rotatable bonds is 8. The van der Waals surface area contributed by atoms with Gasteiger partial charge < -0.3 is 19.7 Å². The molecule has 6 rings (SSSR count). The number of nitrogens with zero attached hydrogens (tertiary/aromatic N) is 5. The molecule has 0 radical (unpaired) electrons. The van der Waals surface area contributed by atoms with Crippen molar-refractivity contribution >= 4 is 22.8 Å². The number of hydrogen-bond donors (Lipinski definition) is 1. The molecule has 0 aliphatic carbocycles. The molecular weight excluding hydrogens is 440 g/mol. The summed E-state index contributed by atoms with van der Waals surface area (Å²) in [5.41, 5.74) is 4.32. The monoisotopic (exact) mass is 468 g/mol. The molecule has 4 heterocycles. The van der Waals surface area contributed by atoms with Crippen molar-refractivity contribution in [2.24, 2.45) is 0 Å². The molecular formula is C27H28N6O2. The van der Waals surface area contributed by atoms with Gasteiger partial charge in [0.15, 0.2) is 5.65 Å². The minimum Gasteiger partial charge on any atom is -0.497 e. The Bertz CT molecular complexity index is 1340. The summed E-state index contributed by atoms with van der Waals surface area (Å²) < 4.78 is 13.0. The molecule has 4 aromatic rings. The fourth-order valence-electron chi connectivity index (χ4n) is 4.69. The minimum absolute atomic E-state index is 0.103. The van der Waals surface area contributed by atoms with Crippen molar-refractivity contribution in [2.75, 3.05) is 30.4 Å². The van der Waals surface area contributed by atoms with E-state index < -0.39 is 0 Å². The smallest absolute Gasteiger partial charge is 0.226 e. The van der Waals surface area contributed by atoms with E-state index in [0.717, 1.165) is 54.2 Å². The lowest BCUT2D eigenvalue weighted by molar-refractivity contribution is 0.182. The first-order valence-corrected chi connectivity index (χ1v) is 12.0. The third kappa shape index (κ3) is 4.39. The van der Waals surface area contributed by atoms with Crippen LogP contribution in [0.25, 0.3) is 11.0 Å². The molecule has 2 aromatic carbocycles. The number of anilines is 2. The van der Waals surface area contributed by atoms with Crippen molar-refractivity contribution in [3.05, 3.63) is 83.8 Å². The van der Waals surface area contributed by atoms with Gasteiger partial charge in [-0.05, 0) is 29.3 Å². The van der Waals surface area contributed by atoms with E-state index in [0.29, 0.717) is 19.0 Å². The Balaban J connectivity index is 1.36. The number of ether oxygens (including phenoxy) is 2. The molecule has 178 valence electrons. The van der Waals surface area contributed by atoms with Crippen molar-refractivity contribution in [2.45, 2.75) is 32.0 Å². The highest BCUT2D eigenvalue weighted by Crippen LogP contribution is 2.34. The molecule has 8 heteroatoms. The maximum absolute atomic E-state index is 5.62. The van der Waals surface area contributed by atoms with Gasteiger partial charge in [0, 0.05) is 25.9 Å². The second-order valence-corrected chi connectivity index (χ2v) is 8.93. The standard InChI is InChI=1S/C27H28N6O2/c1-34-21-11-9-20(10-12-21)17-32-14-13-23-24-25(32)29-27(28-16-22-8-5-15-35-22)30-26(24)33(31-23)18-19-6-3-2-4-7-19/h2-7,9-12,15,22H,8,13-14,16-18H2,1H3,(H,28,29,30). The molecule has 35 heavy (non-hydrogen) atoms. The summed E-state index contributed by atoms with van der Waals surface area (Å²) in [5, 5.41) is 9.42. The van der Waals surface area contributed by atoms with E-state index in [2.05, 4.69) is 46.6 Å². The van der Waals surface area contributed by atoms with Gasteiger partial charge in [-0.15, -0.1) is 0 Å². The van der Waals surface area contributed by atoms with Crippen LogP contribution >= 0.6 is 0 Å². The van der Waals surface area contributed by atoms with Crippen LogP contribution in [0, 0.1) is 0 Å². The second kappa shape index (κ2) is 9.29. The normalized spacial score (nSPS) is 16.5. The topological polar surface area (TPSA) is 77.3 Å². The van der Waals surface area contributed by atoms with E-state index in [9.17, 15) is 0 Å². The molecule has 1 N–H and O–H groups in total. The fourth-order valence-corrected chi connectivity index (χ4v) is 4.69. The molecule has 0 fully saturated rings. The number of methoxy groups -OCH3 is 1. The van der Waals surface area contributed by atoms with Gasteiger partial charge >= 0.3 is 0 Å². The number of nitrogens with one attached hydrogen (secondary N) is 1. The van der Waals surface area contributed by atoms with E-state index >= 15 is 0 Å². The van der Waals surface area contributed by atoms with E-state index in [4.69, 9.17) is 24.5 Å². The van der Waals surface area contributed by atoms with E-state index in [-0.39, 0.29) is 6.10 Å². The van der Waals surface area contributed by atoms with Crippen LogP contribution in [-0.4, -0.2) is 46.1 Å². The molecule has 1 atom stereocenters. The SMILES string of the molecule is COc1ccc(CN2CCc3nn(Cc4ccccc4)c4nc(NCC5CC=CO5)nc2c34)cc1. The van der Waals surface area contributed by atoms with Gasteiger partial charge in [0.2, 0.25) is 5.95 Å². The first-order valence-electron chi connectivity index (χ1n) is 12.0. The van der Waals surface area contributed by atoms with Gasteiger partial charge in [-0.3, -0.25) is 0 Å². The third-order valence-electron chi connectivity index (χ3n) is 6.53. The summed E-state index contributed by atoms with van der Waals surface area (Å²) in [6.45, 7) is 2.93. The summed E-state index contributed by atoms with van der Waals surface area (Å²) in [6, 6.07) is 18.6. The zero-order valence-electron chi connectivity index (χ0n) is 19.7. The molecule has 0 amide bonds. The fraction of sp³-hybridized carbons (Fsp3) is 0.296. The van der Waals surface area contributed by atoms with Gasteiger partial charge in [0.05, 0.1) is 37.5 Å². The zero-order valence-corrected chi connectivity index (χ0v) is 19.7. The van der Waals surface area contributed by atoms with Crippen molar-refractivity contribution in [3.8, 4) is 5.75 Å². The Morgan fingerprint density at radius 2 is 1.86 bits per heavy atom. The van der Waals surface area contributed by atoms with Crippen molar-refractivity contribution in [1.29, 1.82) is 0 Å². The molecule has 2 aliphatic heterocycles. The van der Waals surface area contributed by atoms with Crippen molar-refractivity contribution < 1.29 is 9.47 Å². The Labute approximate surface area is 204 Å².